The molecule has 2 fully saturated rings. The van der Waals surface area contributed by atoms with E-state index in [0.29, 0.717) is 56.1 Å². The van der Waals surface area contributed by atoms with E-state index in [1.54, 1.807) is 42.6 Å². The molecule has 0 bridgehead atoms. The number of amides is 1. The Morgan fingerprint density at radius 1 is 1.15 bits per heavy atom. The fourth-order valence-electron chi connectivity index (χ4n) is 3.43. The predicted octanol–water partition coefficient (Wildman–Crippen LogP) is 2.68. The van der Waals surface area contributed by atoms with Crippen LogP contribution in [-0.4, -0.2) is 47.9 Å². The molecular weight excluding hydrogens is 344 g/mol. The van der Waals surface area contributed by atoms with Gasteiger partial charge in [-0.05, 0) is 36.4 Å². The molecule has 1 N–H and O–H groups in total. The summed E-state index contributed by atoms with van der Waals surface area (Å²) in [5, 5.41) is 12.0. The first-order chi connectivity index (χ1) is 13.2. The zero-order chi connectivity index (χ0) is 18.7. The van der Waals surface area contributed by atoms with Crippen molar-refractivity contribution in [2.75, 3.05) is 31.6 Å². The number of hydrogen-bond donors (Lipinski definition) is 1. The zero-order valence-electron chi connectivity index (χ0n) is 14.9. The van der Waals surface area contributed by atoms with Crippen LogP contribution in [0.3, 0.4) is 0 Å². The molecule has 27 heavy (non-hydrogen) atoms. The maximum atomic E-state index is 12.8. The highest BCUT2D eigenvalue weighted by Crippen LogP contribution is 2.31. The highest BCUT2D eigenvalue weighted by atomic mass is 16.7. The summed E-state index contributed by atoms with van der Waals surface area (Å²) in [6, 6.07) is 12.6. The van der Waals surface area contributed by atoms with E-state index in [2.05, 4.69) is 16.4 Å². The van der Waals surface area contributed by atoms with Crippen LogP contribution in [0.2, 0.25) is 0 Å². The average molecular weight is 364 g/mol. The summed E-state index contributed by atoms with van der Waals surface area (Å²) >= 11 is 0. The van der Waals surface area contributed by atoms with Gasteiger partial charge in [0.1, 0.15) is 5.82 Å². The van der Waals surface area contributed by atoms with Gasteiger partial charge in [0.25, 0.3) is 5.91 Å². The number of ether oxygens (including phenoxy) is 2. The Hall–Kier alpha value is -2.95. The van der Waals surface area contributed by atoms with Gasteiger partial charge in [-0.15, -0.1) is 0 Å². The predicted molar refractivity (Wildman–Crippen MR) is 98.4 cm³/mol. The van der Waals surface area contributed by atoms with Crippen molar-refractivity contribution in [3.63, 3.8) is 0 Å². The van der Waals surface area contributed by atoms with Gasteiger partial charge in [0.15, 0.2) is 5.79 Å². The van der Waals surface area contributed by atoms with Gasteiger partial charge in [0.2, 0.25) is 0 Å². The van der Waals surface area contributed by atoms with Crippen molar-refractivity contribution in [3.05, 3.63) is 53.7 Å². The number of pyridine rings is 1. The van der Waals surface area contributed by atoms with Gasteiger partial charge in [-0.2, -0.15) is 5.26 Å². The molecule has 0 atom stereocenters. The van der Waals surface area contributed by atoms with Crippen molar-refractivity contribution in [2.45, 2.75) is 18.6 Å². The van der Waals surface area contributed by atoms with Crippen LogP contribution in [0.1, 0.15) is 28.8 Å². The number of carbonyl (C=O) groups is 1. The topological polar surface area (TPSA) is 87.5 Å². The number of piperidine rings is 1. The SMILES string of the molecule is N#Cc1ccc(Nc2cc(C(=O)N3CCC4(CC3)OCCO4)ccn2)cc1. The molecule has 2 aliphatic heterocycles. The van der Waals surface area contributed by atoms with E-state index in [1.807, 2.05) is 4.90 Å². The molecule has 7 heteroatoms. The monoisotopic (exact) mass is 364 g/mol. The molecule has 2 saturated heterocycles. The van der Waals surface area contributed by atoms with Crippen molar-refractivity contribution >= 4 is 17.4 Å². The van der Waals surface area contributed by atoms with Crippen LogP contribution in [0.4, 0.5) is 11.5 Å². The van der Waals surface area contributed by atoms with Crippen molar-refractivity contribution in [1.29, 1.82) is 5.26 Å². The highest BCUT2D eigenvalue weighted by Gasteiger charge is 2.40. The molecule has 1 aromatic carbocycles. The number of nitrogens with zero attached hydrogens (tertiary/aromatic N) is 3. The summed E-state index contributed by atoms with van der Waals surface area (Å²) in [5.74, 6) is 0.0757. The second-order valence-corrected chi connectivity index (χ2v) is 6.64. The molecule has 1 spiro atoms. The number of carbonyl (C=O) groups excluding carboxylic acids is 1. The van der Waals surface area contributed by atoms with E-state index >= 15 is 0 Å². The maximum Gasteiger partial charge on any atom is 0.254 e. The van der Waals surface area contributed by atoms with E-state index < -0.39 is 5.79 Å². The molecule has 0 aliphatic carbocycles. The van der Waals surface area contributed by atoms with Crippen molar-refractivity contribution < 1.29 is 14.3 Å². The normalized spacial score (nSPS) is 18.3. The lowest BCUT2D eigenvalue weighted by atomic mass is 10.0. The average Bonchev–Trinajstić information content (AvgIpc) is 3.17. The van der Waals surface area contributed by atoms with Crippen LogP contribution in [0.5, 0.6) is 0 Å². The summed E-state index contributed by atoms with van der Waals surface area (Å²) in [4.78, 5) is 19.0. The number of rotatable bonds is 3. The molecule has 1 amide bonds. The highest BCUT2D eigenvalue weighted by molar-refractivity contribution is 5.95. The van der Waals surface area contributed by atoms with Gasteiger partial charge in [0, 0.05) is 43.4 Å². The van der Waals surface area contributed by atoms with Crippen molar-refractivity contribution in [1.82, 2.24) is 9.88 Å². The van der Waals surface area contributed by atoms with Crippen LogP contribution in [0.25, 0.3) is 0 Å². The molecule has 0 saturated carbocycles. The Kier molecular flexibility index (Phi) is 4.75. The molecule has 4 rings (SSSR count). The Morgan fingerprint density at radius 3 is 2.52 bits per heavy atom. The van der Waals surface area contributed by atoms with E-state index in [0.717, 1.165) is 5.69 Å². The smallest absolute Gasteiger partial charge is 0.254 e. The largest absolute Gasteiger partial charge is 0.347 e. The molecule has 0 radical (unpaired) electrons. The number of nitriles is 1. The quantitative estimate of drug-likeness (QED) is 0.901. The van der Waals surface area contributed by atoms with E-state index in [-0.39, 0.29) is 5.91 Å². The summed E-state index contributed by atoms with van der Waals surface area (Å²) < 4.78 is 11.4. The van der Waals surface area contributed by atoms with Gasteiger partial charge < -0.3 is 19.7 Å². The molecule has 1 aromatic heterocycles. The first kappa shape index (κ1) is 17.5. The Labute approximate surface area is 157 Å². The Bertz CT molecular complexity index is 860. The minimum absolute atomic E-state index is 0.0203. The van der Waals surface area contributed by atoms with Crippen LogP contribution in [0.15, 0.2) is 42.6 Å². The molecule has 3 heterocycles. The van der Waals surface area contributed by atoms with Gasteiger partial charge in [-0.3, -0.25) is 4.79 Å². The molecule has 138 valence electrons. The summed E-state index contributed by atoms with van der Waals surface area (Å²) in [6.45, 7) is 2.48. The Morgan fingerprint density at radius 2 is 1.85 bits per heavy atom. The second-order valence-electron chi connectivity index (χ2n) is 6.64. The summed E-state index contributed by atoms with van der Waals surface area (Å²) in [6.07, 6.45) is 3.01. The molecule has 2 aromatic rings. The van der Waals surface area contributed by atoms with Crippen LogP contribution < -0.4 is 5.32 Å². The third kappa shape index (κ3) is 3.77. The number of nitrogens with one attached hydrogen (secondary N) is 1. The summed E-state index contributed by atoms with van der Waals surface area (Å²) in [5.41, 5.74) is 1.99. The lowest BCUT2D eigenvalue weighted by molar-refractivity contribution is -0.181. The van der Waals surface area contributed by atoms with Crippen LogP contribution >= 0.6 is 0 Å². The van der Waals surface area contributed by atoms with Gasteiger partial charge >= 0.3 is 0 Å². The molecule has 0 unspecified atom stereocenters. The zero-order valence-corrected chi connectivity index (χ0v) is 14.9. The first-order valence-corrected chi connectivity index (χ1v) is 8.98. The number of aromatic nitrogens is 1. The maximum absolute atomic E-state index is 12.8. The molecular formula is C20H20N4O3. The van der Waals surface area contributed by atoms with Crippen LogP contribution in [0, 0.1) is 11.3 Å². The standard InChI is InChI=1S/C20H20N4O3/c21-14-15-1-3-17(4-2-15)23-18-13-16(5-8-22-18)19(25)24-9-6-20(7-10-24)26-11-12-27-20/h1-5,8,13H,6-7,9-12H2,(H,22,23). The molecule has 7 nitrogen and oxygen atoms in total. The van der Waals surface area contributed by atoms with Gasteiger partial charge in [-0.1, -0.05) is 0 Å². The van der Waals surface area contributed by atoms with Gasteiger partial charge in [-0.25, -0.2) is 4.98 Å². The second kappa shape index (κ2) is 7.35. The number of hydrogen-bond acceptors (Lipinski definition) is 6. The number of anilines is 2. The number of benzene rings is 1. The van der Waals surface area contributed by atoms with Crippen LogP contribution in [-0.2, 0) is 9.47 Å². The van der Waals surface area contributed by atoms with Crippen molar-refractivity contribution in [3.8, 4) is 6.07 Å². The third-order valence-corrected chi connectivity index (χ3v) is 4.92. The summed E-state index contributed by atoms with van der Waals surface area (Å²) in [7, 11) is 0. The van der Waals surface area contributed by atoms with E-state index in [4.69, 9.17) is 14.7 Å². The fraction of sp³-hybridized carbons (Fsp3) is 0.350. The lowest BCUT2D eigenvalue weighted by Crippen LogP contribution is -2.47. The van der Waals surface area contributed by atoms with E-state index in [9.17, 15) is 4.79 Å². The molecule has 2 aliphatic rings. The lowest BCUT2D eigenvalue weighted by Gasteiger charge is -2.37. The minimum Gasteiger partial charge on any atom is -0.347 e. The minimum atomic E-state index is -0.489. The van der Waals surface area contributed by atoms with Crippen molar-refractivity contribution in [2.24, 2.45) is 0 Å². The third-order valence-electron chi connectivity index (χ3n) is 4.92. The first-order valence-electron chi connectivity index (χ1n) is 8.98. The number of likely N-dealkylation sites (tertiary alicyclic amines) is 1. The Balaban J connectivity index is 1.42. The van der Waals surface area contributed by atoms with Gasteiger partial charge in [0.05, 0.1) is 24.8 Å². The fourth-order valence-corrected chi connectivity index (χ4v) is 3.43. The van der Waals surface area contributed by atoms with E-state index in [1.165, 1.54) is 0 Å².